The summed E-state index contributed by atoms with van der Waals surface area (Å²) in [4.78, 5) is 27.2. The number of nitrogens with zero attached hydrogens (tertiary/aromatic N) is 3. The van der Waals surface area contributed by atoms with E-state index in [0.717, 1.165) is 61.9 Å². The molecule has 2 amide bonds. The van der Waals surface area contributed by atoms with Gasteiger partial charge in [-0.2, -0.15) is 5.26 Å². The number of fused-ring (bicyclic) bond motifs is 3. The molecule has 0 spiro atoms. The molecule has 2 aliphatic rings. The average Bonchev–Trinajstić information content (AvgIpc) is 3.24. The molecule has 2 unspecified atom stereocenters. The second-order valence-corrected chi connectivity index (χ2v) is 11.2. The van der Waals surface area contributed by atoms with E-state index < -0.39 is 11.0 Å². The summed E-state index contributed by atoms with van der Waals surface area (Å²) in [5.74, 6) is 1.26. The fraction of sp³-hybridized carbons (Fsp3) is 0.593. The topological polar surface area (TPSA) is 104 Å². The number of aromatic nitrogens is 1. The van der Waals surface area contributed by atoms with Gasteiger partial charge in [-0.05, 0) is 74.6 Å². The Labute approximate surface area is 215 Å². The first kappa shape index (κ1) is 26.4. The Morgan fingerprint density at radius 3 is 2.69 bits per heavy atom. The van der Waals surface area contributed by atoms with Gasteiger partial charge in [0.1, 0.15) is 11.0 Å². The normalized spacial score (nSPS) is 18.9. The summed E-state index contributed by atoms with van der Waals surface area (Å²) in [6.07, 6.45) is 5.33. The fourth-order valence-corrected chi connectivity index (χ4v) is 6.71. The van der Waals surface area contributed by atoms with Gasteiger partial charge in [0.25, 0.3) is 5.91 Å². The summed E-state index contributed by atoms with van der Waals surface area (Å²) in [5, 5.41) is 12.4. The summed E-state index contributed by atoms with van der Waals surface area (Å²) in [6.45, 7) is 6.05. The van der Waals surface area contributed by atoms with Crippen LogP contribution in [0.5, 0.6) is 0 Å². The highest BCUT2D eigenvalue weighted by Gasteiger charge is 2.32. The number of nitrogens with one attached hydrogen (secondary N) is 1. The number of ether oxygens (including phenoxy) is 1. The van der Waals surface area contributed by atoms with Crippen LogP contribution in [0.4, 0.5) is 0 Å². The Bertz CT molecular complexity index is 1180. The number of benzene rings is 1. The molecule has 0 saturated carbocycles. The van der Waals surface area contributed by atoms with Gasteiger partial charge in [0, 0.05) is 48.7 Å². The molecule has 1 aliphatic heterocycles. The van der Waals surface area contributed by atoms with E-state index in [1.165, 1.54) is 10.5 Å². The smallest absolute Gasteiger partial charge is 0.254 e. The van der Waals surface area contributed by atoms with E-state index in [2.05, 4.69) is 5.32 Å². The van der Waals surface area contributed by atoms with Crippen LogP contribution in [0.3, 0.4) is 0 Å². The lowest BCUT2D eigenvalue weighted by molar-refractivity contribution is -0.121. The Hall–Kier alpha value is -2.70. The van der Waals surface area contributed by atoms with E-state index in [4.69, 9.17) is 10.00 Å². The Balaban J connectivity index is 1.64. The van der Waals surface area contributed by atoms with E-state index in [0.29, 0.717) is 29.7 Å². The van der Waals surface area contributed by atoms with Gasteiger partial charge >= 0.3 is 0 Å². The molecule has 1 fully saturated rings. The SMILES string of the molecule is CCN(CC(=O)NCCC#N)C(=O)c1ccc2c(c1)c1c(n2S(=O)CC)CCC(C2CCOCC2)C1. The summed E-state index contributed by atoms with van der Waals surface area (Å²) in [6, 6.07) is 7.63. The van der Waals surface area contributed by atoms with E-state index in [1.807, 2.05) is 36.0 Å². The minimum absolute atomic E-state index is 0.0520. The number of carbonyl (C=O) groups excluding carboxylic acids is 2. The molecule has 0 radical (unpaired) electrons. The maximum atomic E-state index is 13.4. The number of amides is 2. The van der Waals surface area contributed by atoms with E-state index in [1.54, 1.807) is 6.07 Å². The first-order valence-corrected chi connectivity index (χ1v) is 14.3. The third-order valence-corrected chi connectivity index (χ3v) is 8.86. The molecule has 8 nitrogen and oxygen atoms in total. The molecular formula is C27H36N4O4S. The van der Waals surface area contributed by atoms with Crippen LogP contribution in [0.15, 0.2) is 18.2 Å². The minimum Gasteiger partial charge on any atom is -0.381 e. The zero-order chi connectivity index (χ0) is 25.7. The van der Waals surface area contributed by atoms with E-state index in [-0.39, 0.29) is 31.3 Å². The van der Waals surface area contributed by atoms with Crippen LogP contribution < -0.4 is 5.32 Å². The van der Waals surface area contributed by atoms with Crippen LogP contribution in [0.2, 0.25) is 0 Å². The fourth-order valence-electron chi connectivity index (χ4n) is 5.63. The van der Waals surface area contributed by atoms with Crippen LogP contribution >= 0.6 is 0 Å². The van der Waals surface area contributed by atoms with Gasteiger partial charge in [0.05, 0.1) is 24.6 Å². The molecule has 1 aliphatic carbocycles. The highest BCUT2D eigenvalue weighted by molar-refractivity contribution is 7.83. The van der Waals surface area contributed by atoms with Gasteiger partial charge in [-0.15, -0.1) is 0 Å². The molecule has 9 heteroatoms. The van der Waals surface area contributed by atoms with E-state index >= 15 is 0 Å². The van der Waals surface area contributed by atoms with Gasteiger partial charge in [-0.3, -0.25) is 13.6 Å². The highest BCUT2D eigenvalue weighted by Crippen LogP contribution is 2.40. The first-order chi connectivity index (χ1) is 17.5. The lowest BCUT2D eigenvalue weighted by atomic mass is 9.75. The predicted molar refractivity (Wildman–Crippen MR) is 140 cm³/mol. The van der Waals surface area contributed by atoms with Crippen molar-refractivity contribution in [3.8, 4) is 6.07 Å². The quantitative estimate of drug-likeness (QED) is 0.520. The summed E-state index contributed by atoms with van der Waals surface area (Å²) < 4.78 is 20.6. The summed E-state index contributed by atoms with van der Waals surface area (Å²) in [5.41, 5.74) is 3.81. The zero-order valence-electron chi connectivity index (χ0n) is 21.3. The standard InChI is InChI=1S/C27H36N4O4S/c1-3-30(18-26(32)29-13-5-12-28)27(33)21-7-9-25-23(17-21)22-16-20(19-10-14-35-15-11-19)6-8-24(22)31(25)36(34)4-2/h7,9,17,19-20H,3-6,8,10-11,13-16,18H2,1-2H3,(H,29,32). The zero-order valence-corrected chi connectivity index (χ0v) is 22.1. The van der Waals surface area contributed by atoms with Crippen molar-refractivity contribution < 1.29 is 18.5 Å². The van der Waals surface area contributed by atoms with Crippen molar-refractivity contribution in [3.63, 3.8) is 0 Å². The molecular weight excluding hydrogens is 476 g/mol. The average molecular weight is 513 g/mol. The summed E-state index contributed by atoms with van der Waals surface area (Å²) >= 11 is 0. The second-order valence-electron chi connectivity index (χ2n) is 9.59. The number of hydrogen-bond donors (Lipinski definition) is 1. The van der Waals surface area contributed by atoms with Crippen LogP contribution in [-0.4, -0.2) is 63.5 Å². The van der Waals surface area contributed by atoms with Gasteiger partial charge < -0.3 is 15.0 Å². The molecule has 1 aromatic heterocycles. The summed E-state index contributed by atoms with van der Waals surface area (Å²) in [7, 11) is -1.15. The molecule has 4 rings (SSSR count). The van der Waals surface area contributed by atoms with Crippen molar-refractivity contribution in [2.75, 3.05) is 38.6 Å². The minimum atomic E-state index is -1.15. The third kappa shape index (κ3) is 5.50. The lowest BCUT2D eigenvalue weighted by Gasteiger charge is -2.33. The van der Waals surface area contributed by atoms with Crippen molar-refractivity contribution in [2.45, 2.75) is 52.4 Å². The number of likely N-dealkylation sites (N-methyl/N-ethyl adjacent to an activating group) is 1. The molecule has 194 valence electrons. The maximum absolute atomic E-state index is 13.4. The van der Waals surface area contributed by atoms with Crippen LogP contribution in [0, 0.1) is 23.2 Å². The number of carbonyl (C=O) groups is 2. The largest absolute Gasteiger partial charge is 0.381 e. The third-order valence-electron chi connectivity index (χ3n) is 7.54. The van der Waals surface area contributed by atoms with Crippen molar-refractivity contribution in [1.29, 1.82) is 5.26 Å². The second kappa shape index (κ2) is 12.0. The molecule has 1 aromatic carbocycles. The Morgan fingerprint density at radius 2 is 2.00 bits per heavy atom. The molecule has 0 bridgehead atoms. The van der Waals surface area contributed by atoms with Crippen molar-refractivity contribution in [3.05, 3.63) is 35.0 Å². The van der Waals surface area contributed by atoms with Crippen molar-refractivity contribution in [2.24, 2.45) is 11.8 Å². The van der Waals surface area contributed by atoms with Crippen LogP contribution in [-0.2, 0) is 33.4 Å². The van der Waals surface area contributed by atoms with Gasteiger partial charge in [0.2, 0.25) is 5.91 Å². The van der Waals surface area contributed by atoms with E-state index in [9.17, 15) is 13.8 Å². The Kier molecular flexibility index (Phi) is 8.81. The van der Waals surface area contributed by atoms with Gasteiger partial charge in [-0.1, -0.05) is 6.92 Å². The molecule has 1 saturated heterocycles. The van der Waals surface area contributed by atoms with Crippen LogP contribution in [0.25, 0.3) is 10.9 Å². The number of hydrogen-bond acceptors (Lipinski definition) is 5. The molecule has 2 atom stereocenters. The first-order valence-electron chi connectivity index (χ1n) is 13.0. The molecule has 2 heterocycles. The number of rotatable bonds is 9. The van der Waals surface area contributed by atoms with Gasteiger partial charge in [-0.25, -0.2) is 4.21 Å². The lowest BCUT2D eigenvalue weighted by Crippen LogP contribution is -2.40. The van der Waals surface area contributed by atoms with Crippen LogP contribution in [0.1, 0.15) is 61.1 Å². The predicted octanol–water partition coefficient (Wildman–Crippen LogP) is 3.20. The number of nitriles is 1. The van der Waals surface area contributed by atoms with Crippen molar-refractivity contribution >= 4 is 33.7 Å². The van der Waals surface area contributed by atoms with Gasteiger partial charge in [0.15, 0.2) is 0 Å². The molecule has 1 N–H and O–H groups in total. The molecule has 2 aromatic rings. The van der Waals surface area contributed by atoms with Crippen molar-refractivity contribution in [1.82, 2.24) is 14.2 Å². The Morgan fingerprint density at radius 1 is 1.22 bits per heavy atom. The highest BCUT2D eigenvalue weighted by atomic mass is 32.2. The molecule has 36 heavy (non-hydrogen) atoms. The monoisotopic (exact) mass is 512 g/mol. The maximum Gasteiger partial charge on any atom is 0.254 e.